The van der Waals surface area contributed by atoms with Crippen LogP contribution in [0.4, 0.5) is 13.6 Å². The van der Waals surface area contributed by atoms with Crippen LogP contribution in [0, 0.1) is 5.82 Å². The second-order valence-electron chi connectivity index (χ2n) is 9.22. The zero-order valence-electron chi connectivity index (χ0n) is 18.2. The summed E-state index contributed by atoms with van der Waals surface area (Å²) in [6.45, 7) is 8.68. The van der Waals surface area contributed by atoms with Gasteiger partial charge in [0.15, 0.2) is 0 Å². The van der Waals surface area contributed by atoms with E-state index in [1.54, 1.807) is 40.7 Å². The fourth-order valence-electron chi connectivity index (χ4n) is 3.74. The Hall–Kier alpha value is -2.00. The normalized spacial score (nSPS) is 19.6. The number of hydrogen-bond acceptors (Lipinski definition) is 4. The first-order valence-corrected chi connectivity index (χ1v) is 10.9. The minimum absolute atomic E-state index is 0.0259. The zero-order valence-corrected chi connectivity index (χ0v) is 19.8. The van der Waals surface area contributed by atoms with Crippen molar-refractivity contribution in [2.45, 2.75) is 71.1 Å². The van der Waals surface area contributed by atoms with Gasteiger partial charge in [-0.05, 0) is 74.1 Å². The highest BCUT2D eigenvalue weighted by atomic mass is 79.9. The first-order valence-electron chi connectivity index (χ1n) is 10.1. The van der Waals surface area contributed by atoms with Crippen LogP contribution in [0.25, 0.3) is 10.8 Å². The summed E-state index contributed by atoms with van der Waals surface area (Å²) in [5.74, 6) is -0.558. The molecule has 2 aromatic rings. The number of nitrogens with zero attached hydrogens (tertiary/aromatic N) is 2. The van der Waals surface area contributed by atoms with Gasteiger partial charge in [0, 0.05) is 12.6 Å². The Morgan fingerprint density at radius 1 is 1.39 bits per heavy atom. The van der Waals surface area contributed by atoms with E-state index in [0.29, 0.717) is 5.39 Å². The number of fused-ring (bicyclic) bond motifs is 1. The summed E-state index contributed by atoms with van der Waals surface area (Å²) in [5, 5.41) is 0.739. The lowest BCUT2D eigenvalue weighted by atomic mass is 10.1. The number of alkyl halides is 1. The van der Waals surface area contributed by atoms with E-state index >= 15 is 4.39 Å². The lowest BCUT2D eigenvalue weighted by molar-refractivity contribution is -0.0632. The highest BCUT2D eigenvalue weighted by molar-refractivity contribution is 9.10. The van der Waals surface area contributed by atoms with Gasteiger partial charge >= 0.3 is 6.09 Å². The Balaban J connectivity index is 1.77. The fraction of sp³-hybridized carbons (Fsp3) is 0.545. The Labute approximate surface area is 188 Å². The van der Waals surface area contributed by atoms with Crippen molar-refractivity contribution in [2.75, 3.05) is 6.61 Å². The van der Waals surface area contributed by atoms with Crippen molar-refractivity contribution in [3.05, 3.63) is 45.0 Å². The van der Waals surface area contributed by atoms with E-state index in [1.807, 2.05) is 0 Å². The molecule has 6 nitrogen and oxygen atoms in total. The van der Waals surface area contributed by atoms with Crippen molar-refractivity contribution in [3.63, 3.8) is 0 Å². The molecule has 0 spiro atoms. The number of pyridine rings is 1. The van der Waals surface area contributed by atoms with Gasteiger partial charge in [-0.3, -0.25) is 9.69 Å². The Bertz CT molecular complexity index is 1050. The first kappa shape index (κ1) is 23.7. The average Bonchev–Trinajstić information content (AvgIpc) is 2.92. The maximum Gasteiger partial charge on any atom is 0.412 e. The van der Waals surface area contributed by atoms with Crippen LogP contribution in [0.2, 0.25) is 0 Å². The van der Waals surface area contributed by atoms with Crippen LogP contribution in [0.15, 0.2) is 33.7 Å². The van der Waals surface area contributed by atoms with Gasteiger partial charge in [-0.25, -0.2) is 13.6 Å². The molecule has 1 aliphatic rings. The molecule has 1 aliphatic heterocycles. The molecule has 1 aromatic carbocycles. The zero-order chi connectivity index (χ0) is 23.1. The molecule has 1 fully saturated rings. The lowest BCUT2D eigenvalue weighted by Gasteiger charge is -2.35. The van der Waals surface area contributed by atoms with Gasteiger partial charge in [0.2, 0.25) is 0 Å². The molecular weight excluding hydrogens is 474 g/mol. The van der Waals surface area contributed by atoms with E-state index < -0.39 is 41.0 Å². The number of amides is 1. The summed E-state index contributed by atoms with van der Waals surface area (Å²) in [4.78, 5) is 26.8. The van der Waals surface area contributed by atoms with Crippen LogP contribution in [0.3, 0.4) is 0 Å². The molecular formula is C22H27BrF2N2O4. The monoisotopic (exact) mass is 500 g/mol. The van der Waals surface area contributed by atoms with E-state index in [0.717, 1.165) is 6.07 Å². The molecule has 1 amide bonds. The van der Waals surface area contributed by atoms with Gasteiger partial charge < -0.3 is 14.0 Å². The third kappa shape index (κ3) is 5.26. The third-order valence-electron chi connectivity index (χ3n) is 5.10. The van der Waals surface area contributed by atoms with Gasteiger partial charge in [0.25, 0.3) is 5.56 Å². The average molecular weight is 501 g/mol. The number of halogens is 3. The predicted molar refractivity (Wildman–Crippen MR) is 117 cm³/mol. The van der Waals surface area contributed by atoms with Gasteiger partial charge in [-0.2, -0.15) is 0 Å². The molecule has 1 saturated heterocycles. The molecule has 0 bridgehead atoms. The molecule has 0 saturated carbocycles. The van der Waals surface area contributed by atoms with Gasteiger partial charge in [-0.15, -0.1) is 0 Å². The molecule has 31 heavy (non-hydrogen) atoms. The molecule has 170 valence electrons. The maximum atomic E-state index is 15.0. The quantitative estimate of drug-likeness (QED) is 0.592. The lowest BCUT2D eigenvalue weighted by Crippen LogP contribution is -2.50. The molecule has 9 heteroatoms. The van der Waals surface area contributed by atoms with E-state index in [4.69, 9.17) is 9.47 Å². The third-order valence-corrected chi connectivity index (χ3v) is 5.71. The van der Waals surface area contributed by atoms with Crippen LogP contribution in [0.5, 0.6) is 0 Å². The number of hydrogen-bond donors (Lipinski definition) is 0. The molecule has 2 atom stereocenters. The summed E-state index contributed by atoms with van der Waals surface area (Å²) in [5.41, 5.74) is -2.10. The number of ether oxygens (including phenoxy) is 2. The van der Waals surface area contributed by atoms with E-state index in [-0.39, 0.29) is 29.4 Å². The summed E-state index contributed by atoms with van der Waals surface area (Å²) < 4.78 is 41.5. The van der Waals surface area contributed by atoms with Crippen molar-refractivity contribution < 1.29 is 23.0 Å². The van der Waals surface area contributed by atoms with Crippen molar-refractivity contribution in [3.8, 4) is 0 Å². The Kier molecular flexibility index (Phi) is 6.49. The molecule has 0 aliphatic carbocycles. The van der Waals surface area contributed by atoms with Gasteiger partial charge in [0.1, 0.15) is 23.3 Å². The fourth-order valence-corrected chi connectivity index (χ4v) is 4.10. The summed E-state index contributed by atoms with van der Waals surface area (Å²) in [6, 6.07) is 3.76. The number of carbonyl (C=O) groups is 1. The molecule has 3 rings (SSSR count). The van der Waals surface area contributed by atoms with Crippen LogP contribution in [-0.2, 0) is 16.0 Å². The predicted octanol–water partition coefficient (Wildman–Crippen LogP) is 5.00. The summed E-state index contributed by atoms with van der Waals surface area (Å²) >= 11 is 3.09. The SMILES string of the molecule is CC(C)(C)OC(=O)N1[C@H](C[C@@H](F)Cn2ccc3cc(Br)c(F)cc3c2=O)COC1(C)C. The number of carbonyl (C=O) groups excluding carboxylic acids is 1. The highest BCUT2D eigenvalue weighted by Crippen LogP contribution is 2.32. The number of rotatable bonds is 4. The number of aromatic nitrogens is 1. The second-order valence-corrected chi connectivity index (χ2v) is 10.1. The summed E-state index contributed by atoms with van der Waals surface area (Å²) in [7, 11) is 0. The number of benzene rings is 1. The minimum Gasteiger partial charge on any atom is -0.444 e. The van der Waals surface area contributed by atoms with E-state index in [1.165, 1.54) is 21.7 Å². The van der Waals surface area contributed by atoms with Crippen molar-refractivity contribution in [1.29, 1.82) is 0 Å². The Morgan fingerprint density at radius 2 is 2.06 bits per heavy atom. The van der Waals surface area contributed by atoms with Crippen molar-refractivity contribution in [2.24, 2.45) is 0 Å². The van der Waals surface area contributed by atoms with Crippen LogP contribution < -0.4 is 5.56 Å². The standard InChI is InChI=1S/C22H27BrF2N2O4/c1-21(2,3)31-20(29)27-15(12-30-22(27,4)5)9-14(24)11-26-7-6-13-8-17(23)18(25)10-16(13)19(26)28/h6-8,10,14-15H,9,11-12H2,1-5H3/t14-,15-/m1/s1. The molecule has 0 radical (unpaired) electrons. The van der Waals surface area contributed by atoms with Crippen molar-refractivity contribution >= 4 is 32.8 Å². The van der Waals surface area contributed by atoms with E-state index in [9.17, 15) is 14.0 Å². The minimum atomic E-state index is -1.43. The molecule has 2 heterocycles. The van der Waals surface area contributed by atoms with Crippen molar-refractivity contribution in [1.82, 2.24) is 9.47 Å². The Morgan fingerprint density at radius 3 is 2.71 bits per heavy atom. The molecule has 0 N–H and O–H groups in total. The molecule has 0 unspecified atom stereocenters. The second kappa shape index (κ2) is 8.50. The topological polar surface area (TPSA) is 60.8 Å². The van der Waals surface area contributed by atoms with Crippen LogP contribution in [0.1, 0.15) is 41.0 Å². The van der Waals surface area contributed by atoms with E-state index in [2.05, 4.69) is 15.9 Å². The maximum absolute atomic E-state index is 15.0. The first-order chi connectivity index (χ1) is 14.3. The largest absolute Gasteiger partial charge is 0.444 e. The molecule has 1 aromatic heterocycles. The highest BCUT2D eigenvalue weighted by Gasteiger charge is 2.46. The van der Waals surface area contributed by atoms with Gasteiger partial charge in [0.05, 0.1) is 29.1 Å². The van der Waals surface area contributed by atoms with Gasteiger partial charge in [-0.1, -0.05) is 0 Å². The van der Waals surface area contributed by atoms with Crippen LogP contribution in [-0.4, -0.2) is 45.7 Å². The van der Waals surface area contributed by atoms with Crippen LogP contribution >= 0.6 is 15.9 Å². The summed E-state index contributed by atoms with van der Waals surface area (Å²) in [6.07, 6.45) is -0.538. The smallest absolute Gasteiger partial charge is 0.412 e.